The van der Waals surface area contributed by atoms with Crippen LogP contribution in [0.5, 0.6) is 0 Å². The molecule has 0 aliphatic rings. The van der Waals surface area contributed by atoms with Crippen LogP contribution in [0, 0.1) is 6.92 Å². The molecule has 0 amide bonds. The molecule has 0 saturated heterocycles. The van der Waals surface area contributed by atoms with E-state index in [1.807, 2.05) is 17.7 Å². The van der Waals surface area contributed by atoms with Crippen LogP contribution in [0.3, 0.4) is 0 Å². The van der Waals surface area contributed by atoms with Crippen LogP contribution in [0.25, 0.3) is 0 Å². The number of halogens is 2. The van der Waals surface area contributed by atoms with E-state index in [0.29, 0.717) is 6.54 Å². The molecule has 0 fully saturated rings. The fourth-order valence-electron chi connectivity index (χ4n) is 0.755. The topological polar surface area (TPSA) is 43.8 Å². The number of aromatic nitrogens is 2. The van der Waals surface area contributed by atoms with Gasteiger partial charge in [0.15, 0.2) is 0 Å². The molecule has 1 heterocycles. The van der Waals surface area contributed by atoms with Gasteiger partial charge in [-0.25, -0.2) is 0 Å². The second kappa shape index (κ2) is 6.46. The van der Waals surface area contributed by atoms with Gasteiger partial charge in [-0.2, -0.15) is 5.10 Å². The van der Waals surface area contributed by atoms with Gasteiger partial charge >= 0.3 is 0 Å². The monoisotopic (exact) mass is 197 g/mol. The van der Waals surface area contributed by atoms with Crippen LogP contribution in [-0.4, -0.2) is 16.3 Å². The molecule has 66 valence electrons. The summed E-state index contributed by atoms with van der Waals surface area (Å²) in [6.45, 7) is 3.49. The van der Waals surface area contributed by atoms with Crippen molar-refractivity contribution >= 4 is 24.8 Å². The molecule has 0 unspecified atom stereocenters. The van der Waals surface area contributed by atoms with E-state index in [9.17, 15) is 0 Å². The summed E-state index contributed by atoms with van der Waals surface area (Å²) in [6.07, 6.45) is 1.78. The Bertz CT molecular complexity index is 188. The molecule has 5 heteroatoms. The minimum Gasteiger partial charge on any atom is -0.329 e. The van der Waals surface area contributed by atoms with Crippen LogP contribution in [0.15, 0.2) is 12.3 Å². The van der Waals surface area contributed by atoms with E-state index >= 15 is 0 Å². The van der Waals surface area contributed by atoms with Gasteiger partial charge in [0.2, 0.25) is 0 Å². The maximum Gasteiger partial charge on any atom is 0.0534 e. The summed E-state index contributed by atoms with van der Waals surface area (Å²) in [6, 6.07) is 1.97. The van der Waals surface area contributed by atoms with Crippen LogP contribution in [0.1, 0.15) is 5.69 Å². The van der Waals surface area contributed by atoms with Crippen molar-refractivity contribution in [2.24, 2.45) is 5.73 Å². The summed E-state index contributed by atoms with van der Waals surface area (Å²) < 4.78 is 1.89. The largest absolute Gasteiger partial charge is 0.329 e. The Hall–Kier alpha value is -0.250. The van der Waals surface area contributed by atoms with E-state index in [2.05, 4.69) is 5.10 Å². The standard InChI is InChI=1S/C6H11N3.2ClH/c1-6-2-4-8-9(6)5-3-7;;/h2,4H,3,5,7H2,1H3;2*1H. The summed E-state index contributed by atoms with van der Waals surface area (Å²) >= 11 is 0. The predicted octanol–water partition coefficient (Wildman–Crippen LogP) is 0.994. The zero-order valence-corrected chi connectivity index (χ0v) is 7.99. The lowest BCUT2D eigenvalue weighted by Gasteiger charge is -1.98. The summed E-state index contributed by atoms with van der Waals surface area (Å²) in [7, 11) is 0. The number of hydrogen-bond donors (Lipinski definition) is 1. The highest BCUT2D eigenvalue weighted by atomic mass is 35.5. The van der Waals surface area contributed by atoms with E-state index in [1.54, 1.807) is 6.20 Å². The van der Waals surface area contributed by atoms with Gasteiger partial charge in [0.25, 0.3) is 0 Å². The van der Waals surface area contributed by atoms with Crippen LogP contribution in [0.2, 0.25) is 0 Å². The molecule has 2 N–H and O–H groups in total. The number of aryl methyl sites for hydroxylation is 1. The highest BCUT2D eigenvalue weighted by Crippen LogP contribution is 1.93. The molecule has 11 heavy (non-hydrogen) atoms. The third-order valence-corrected chi connectivity index (χ3v) is 1.27. The molecule has 0 saturated carbocycles. The highest BCUT2D eigenvalue weighted by molar-refractivity contribution is 5.85. The molecule has 1 aromatic rings. The van der Waals surface area contributed by atoms with Crippen LogP contribution < -0.4 is 5.73 Å². The van der Waals surface area contributed by atoms with E-state index in [4.69, 9.17) is 5.73 Å². The van der Waals surface area contributed by atoms with Crippen molar-refractivity contribution in [3.63, 3.8) is 0 Å². The Kier molecular flexibility index (Phi) is 7.84. The maximum absolute atomic E-state index is 5.33. The first kappa shape index (κ1) is 13.3. The SMILES string of the molecule is Cc1ccnn1CCN.Cl.Cl. The first-order valence-electron chi connectivity index (χ1n) is 3.03. The first-order chi connectivity index (χ1) is 4.34. The first-order valence-corrected chi connectivity index (χ1v) is 3.03. The van der Waals surface area contributed by atoms with Gasteiger partial charge < -0.3 is 5.73 Å². The zero-order chi connectivity index (χ0) is 6.69. The van der Waals surface area contributed by atoms with Gasteiger partial charge in [-0.05, 0) is 13.0 Å². The molecule has 0 aromatic carbocycles. The Morgan fingerprint density at radius 1 is 1.55 bits per heavy atom. The fourth-order valence-corrected chi connectivity index (χ4v) is 0.755. The fraction of sp³-hybridized carbons (Fsp3) is 0.500. The average molecular weight is 198 g/mol. The zero-order valence-electron chi connectivity index (χ0n) is 6.36. The Morgan fingerprint density at radius 3 is 2.55 bits per heavy atom. The third-order valence-electron chi connectivity index (χ3n) is 1.27. The molecule has 3 nitrogen and oxygen atoms in total. The van der Waals surface area contributed by atoms with Crippen molar-refractivity contribution in [2.45, 2.75) is 13.5 Å². The minimum atomic E-state index is 0. The predicted molar refractivity (Wildman–Crippen MR) is 50.5 cm³/mol. The maximum atomic E-state index is 5.33. The number of rotatable bonds is 2. The van der Waals surface area contributed by atoms with E-state index in [-0.39, 0.29) is 24.8 Å². The second-order valence-electron chi connectivity index (χ2n) is 1.98. The van der Waals surface area contributed by atoms with Gasteiger partial charge in [-0.1, -0.05) is 0 Å². The summed E-state index contributed by atoms with van der Waals surface area (Å²) in [5.41, 5.74) is 6.49. The second-order valence-corrected chi connectivity index (χ2v) is 1.98. The molecule has 0 spiro atoms. The third kappa shape index (κ3) is 3.60. The van der Waals surface area contributed by atoms with Crippen LogP contribution in [-0.2, 0) is 6.54 Å². The summed E-state index contributed by atoms with van der Waals surface area (Å²) in [4.78, 5) is 0. The molecule has 0 radical (unpaired) electrons. The molecule has 0 aliphatic carbocycles. The molecule has 1 rings (SSSR count). The lowest BCUT2D eigenvalue weighted by molar-refractivity contribution is 0.608. The van der Waals surface area contributed by atoms with E-state index in [1.165, 1.54) is 5.69 Å². The Labute approximate surface area is 78.8 Å². The highest BCUT2D eigenvalue weighted by Gasteiger charge is 1.91. The van der Waals surface area contributed by atoms with Crippen LogP contribution in [0.4, 0.5) is 0 Å². The van der Waals surface area contributed by atoms with E-state index in [0.717, 1.165) is 6.54 Å². The van der Waals surface area contributed by atoms with Gasteiger partial charge in [-0.15, -0.1) is 24.8 Å². The lowest BCUT2D eigenvalue weighted by Crippen LogP contribution is -2.11. The van der Waals surface area contributed by atoms with Gasteiger partial charge in [0, 0.05) is 18.4 Å². The smallest absolute Gasteiger partial charge is 0.0534 e. The molecular weight excluding hydrogens is 185 g/mol. The molecule has 0 aliphatic heterocycles. The van der Waals surface area contributed by atoms with Crippen molar-refractivity contribution < 1.29 is 0 Å². The van der Waals surface area contributed by atoms with Crippen LogP contribution >= 0.6 is 24.8 Å². The minimum absolute atomic E-state index is 0. The Morgan fingerprint density at radius 2 is 2.18 bits per heavy atom. The van der Waals surface area contributed by atoms with Crippen molar-refractivity contribution in [1.82, 2.24) is 9.78 Å². The lowest BCUT2D eigenvalue weighted by atomic mass is 10.5. The summed E-state index contributed by atoms with van der Waals surface area (Å²) in [5, 5.41) is 4.04. The van der Waals surface area contributed by atoms with Gasteiger partial charge in [0.05, 0.1) is 6.54 Å². The number of nitrogens with zero attached hydrogens (tertiary/aromatic N) is 2. The normalized spacial score (nSPS) is 8.18. The molecule has 0 atom stereocenters. The quantitative estimate of drug-likeness (QED) is 0.770. The molecular formula is C6H13Cl2N3. The van der Waals surface area contributed by atoms with Crippen molar-refractivity contribution in [3.8, 4) is 0 Å². The Balaban J connectivity index is 0. The average Bonchev–Trinajstić information content (AvgIpc) is 2.18. The molecule has 0 bridgehead atoms. The summed E-state index contributed by atoms with van der Waals surface area (Å²) in [5.74, 6) is 0. The van der Waals surface area contributed by atoms with Crippen molar-refractivity contribution in [2.75, 3.05) is 6.54 Å². The van der Waals surface area contributed by atoms with Crippen molar-refractivity contribution in [3.05, 3.63) is 18.0 Å². The van der Waals surface area contributed by atoms with Crippen molar-refractivity contribution in [1.29, 1.82) is 0 Å². The van der Waals surface area contributed by atoms with E-state index < -0.39 is 0 Å². The number of nitrogens with two attached hydrogens (primary N) is 1. The molecule has 1 aromatic heterocycles. The van der Waals surface area contributed by atoms with Gasteiger partial charge in [0.1, 0.15) is 0 Å². The van der Waals surface area contributed by atoms with Gasteiger partial charge in [-0.3, -0.25) is 4.68 Å². The number of hydrogen-bond acceptors (Lipinski definition) is 2.